The number of ether oxygens (including phenoxy) is 4. The Balaban J connectivity index is 0.000000641. The molecule has 1 saturated carbocycles. The van der Waals surface area contributed by atoms with Crippen LogP contribution in [0, 0.1) is 0 Å². The smallest absolute Gasteiger partial charge is 0.497 e. The molecular weight excluding hydrogens is 576 g/mol. The van der Waals surface area contributed by atoms with E-state index >= 15 is 0 Å². The number of amides is 2. The topological polar surface area (TPSA) is 202 Å². The maximum absolute atomic E-state index is 13.5. The van der Waals surface area contributed by atoms with Gasteiger partial charge in [-0.3, -0.25) is 9.59 Å². The molecule has 2 aliphatic heterocycles. The average molecular weight is 612 g/mol. The molecule has 8 N–H and O–H groups in total. The number of benzene rings is 2. The molecule has 3 aliphatic rings. The summed E-state index contributed by atoms with van der Waals surface area (Å²) >= 11 is 0. The predicted octanol–water partition coefficient (Wildman–Crippen LogP) is -0.175. The lowest BCUT2D eigenvalue weighted by Crippen LogP contribution is -2.50. The van der Waals surface area contributed by atoms with Crippen molar-refractivity contribution in [1.29, 1.82) is 0 Å². The Morgan fingerprint density at radius 1 is 1.00 bits per heavy atom. The Morgan fingerprint density at radius 2 is 1.67 bits per heavy atom. The molecule has 2 aromatic carbocycles. The third kappa shape index (κ3) is 7.25. The summed E-state index contributed by atoms with van der Waals surface area (Å²) in [6.07, 6.45) is -3.68. The molecule has 0 radical (unpaired) electrons. The number of nitrogens with one attached hydrogen (secondary N) is 2. The van der Waals surface area contributed by atoms with Gasteiger partial charge in [-0.15, -0.1) is 8.78 Å². The first kappa shape index (κ1) is 32.2. The molecule has 236 valence electrons. The van der Waals surface area contributed by atoms with E-state index < -0.39 is 55.1 Å². The van der Waals surface area contributed by atoms with E-state index in [2.05, 4.69) is 20.1 Å². The lowest BCUT2D eigenvalue weighted by molar-refractivity contribution is -0.286. The molecule has 43 heavy (non-hydrogen) atoms. The number of aliphatic hydroxyl groups excluding tert-OH is 4. The van der Waals surface area contributed by atoms with E-state index in [1.165, 1.54) is 19.2 Å². The highest BCUT2D eigenvalue weighted by atomic mass is 19.3. The summed E-state index contributed by atoms with van der Waals surface area (Å²) in [6, 6.07) is 7.44. The van der Waals surface area contributed by atoms with Gasteiger partial charge in [0.15, 0.2) is 17.6 Å². The number of methoxy groups -OCH3 is 1. The Hall–Kier alpha value is -3.76. The van der Waals surface area contributed by atoms with Crippen molar-refractivity contribution >= 4 is 11.8 Å². The second-order valence-electron chi connectivity index (χ2n) is 10.4. The van der Waals surface area contributed by atoms with Gasteiger partial charge < -0.3 is 55.7 Å². The molecule has 0 spiro atoms. The third-order valence-corrected chi connectivity index (χ3v) is 7.31. The summed E-state index contributed by atoms with van der Waals surface area (Å²) in [5.41, 5.74) is 5.20. The molecule has 1 fully saturated rings. The van der Waals surface area contributed by atoms with Crippen molar-refractivity contribution in [3.8, 4) is 23.0 Å². The third-order valence-electron chi connectivity index (χ3n) is 7.31. The van der Waals surface area contributed by atoms with E-state index in [4.69, 9.17) is 25.4 Å². The first-order chi connectivity index (χ1) is 20.5. The average Bonchev–Trinajstić information content (AvgIpc) is 3.76. The van der Waals surface area contributed by atoms with Gasteiger partial charge in [0.25, 0.3) is 5.91 Å². The quantitative estimate of drug-likeness (QED) is 0.188. The number of hydrogen-bond donors (Lipinski definition) is 7. The maximum atomic E-state index is 13.5. The summed E-state index contributed by atoms with van der Waals surface area (Å²) in [6.45, 7) is -1.19. The molecule has 5 rings (SSSR count). The standard InChI is InChI=1S/C25H26F2N2O8.C3H9NO2/c1-34-15-3-4-16-17(10-21(35-19(16)9-15)22(32)28-14(11-30)12-31)29-23(33)24(6-7-24)13-2-5-18-20(8-13)37-25(26,27)36-18;4-3(1-5)2-6/h2-5,8-9,14,17,21,30-31H,6-7,10-12H2,1H3,(H,28,32)(H,29,33);3,5-6H,1-2,4H2. The van der Waals surface area contributed by atoms with E-state index in [0.29, 0.717) is 35.5 Å². The number of carbonyl (C=O) groups excluding carboxylic acids is 2. The van der Waals surface area contributed by atoms with Gasteiger partial charge in [-0.25, -0.2) is 0 Å². The van der Waals surface area contributed by atoms with Crippen LogP contribution in [0.1, 0.15) is 36.4 Å². The zero-order chi connectivity index (χ0) is 31.4. The van der Waals surface area contributed by atoms with E-state index in [1.54, 1.807) is 24.3 Å². The summed E-state index contributed by atoms with van der Waals surface area (Å²) in [5.74, 6) is -0.285. The number of fused-ring (bicyclic) bond motifs is 2. The number of carbonyl (C=O) groups is 2. The van der Waals surface area contributed by atoms with Crippen LogP contribution in [0.5, 0.6) is 23.0 Å². The minimum atomic E-state index is -3.76. The van der Waals surface area contributed by atoms with Crippen LogP contribution in [0.2, 0.25) is 0 Å². The van der Waals surface area contributed by atoms with Crippen LogP contribution in [0.3, 0.4) is 0 Å². The Morgan fingerprint density at radius 3 is 2.26 bits per heavy atom. The fourth-order valence-electron chi connectivity index (χ4n) is 4.69. The number of rotatable bonds is 10. The van der Waals surface area contributed by atoms with Gasteiger partial charge in [0.1, 0.15) is 11.5 Å². The van der Waals surface area contributed by atoms with E-state index in [-0.39, 0.29) is 37.0 Å². The second-order valence-corrected chi connectivity index (χ2v) is 10.4. The molecule has 0 aromatic heterocycles. The lowest BCUT2D eigenvalue weighted by atomic mass is 9.91. The number of alkyl halides is 2. The predicted molar refractivity (Wildman–Crippen MR) is 145 cm³/mol. The number of nitrogens with two attached hydrogens (primary N) is 1. The van der Waals surface area contributed by atoms with Crippen LogP contribution in [-0.2, 0) is 15.0 Å². The molecule has 15 heteroatoms. The van der Waals surface area contributed by atoms with Crippen molar-refractivity contribution in [2.75, 3.05) is 33.5 Å². The molecule has 2 aromatic rings. The van der Waals surface area contributed by atoms with Crippen molar-refractivity contribution in [1.82, 2.24) is 10.6 Å². The highest BCUT2D eigenvalue weighted by Gasteiger charge is 2.53. The molecule has 13 nitrogen and oxygen atoms in total. The lowest BCUT2D eigenvalue weighted by Gasteiger charge is -2.33. The monoisotopic (exact) mass is 611 g/mol. The molecule has 2 heterocycles. The highest BCUT2D eigenvalue weighted by Crippen LogP contribution is 2.52. The van der Waals surface area contributed by atoms with Crippen molar-refractivity contribution in [3.63, 3.8) is 0 Å². The summed E-state index contributed by atoms with van der Waals surface area (Å²) < 4.78 is 47.1. The zero-order valence-corrected chi connectivity index (χ0v) is 23.3. The zero-order valence-electron chi connectivity index (χ0n) is 23.3. The van der Waals surface area contributed by atoms with E-state index in [0.717, 1.165) is 0 Å². The van der Waals surface area contributed by atoms with Gasteiger partial charge >= 0.3 is 6.29 Å². The summed E-state index contributed by atoms with van der Waals surface area (Å²) in [4.78, 5) is 26.4. The largest absolute Gasteiger partial charge is 0.586 e. The second kappa shape index (κ2) is 13.3. The van der Waals surface area contributed by atoms with Gasteiger partial charge in [-0.2, -0.15) is 0 Å². The Kier molecular flexibility index (Phi) is 9.92. The van der Waals surface area contributed by atoms with Crippen LogP contribution in [-0.4, -0.2) is 90.3 Å². The first-order valence-corrected chi connectivity index (χ1v) is 13.5. The number of hydrogen-bond acceptors (Lipinski definition) is 11. The van der Waals surface area contributed by atoms with Crippen LogP contribution in [0.15, 0.2) is 36.4 Å². The van der Waals surface area contributed by atoms with Gasteiger partial charge in [0.2, 0.25) is 5.91 Å². The minimum Gasteiger partial charge on any atom is -0.497 e. The molecule has 2 unspecified atom stereocenters. The SMILES string of the molecule is COc1ccc2c(c1)OC(C(=O)NC(CO)CO)CC2NC(=O)C1(c2ccc3c(c2)OC(F)(F)O3)CC1.NC(CO)CO. The fraction of sp³-hybridized carbons (Fsp3) is 0.500. The molecule has 0 saturated heterocycles. The summed E-state index contributed by atoms with van der Waals surface area (Å²) in [7, 11) is 1.49. The van der Waals surface area contributed by atoms with Crippen molar-refractivity contribution in [3.05, 3.63) is 47.5 Å². The number of aliphatic hydroxyl groups is 4. The molecule has 1 aliphatic carbocycles. The van der Waals surface area contributed by atoms with Crippen molar-refractivity contribution in [2.45, 2.75) is 55.2 Å². The summed E-state index contributed by atoms with van der Waals surface area (Å²) in [5, 5.41) is 40.3. The van der Waals surface area contributed by atoms with Crippen molar-refractivity contribution < 1.29 is 57.7 Å². The van der Waals surface area contributed by atoms with Gasteiger partial charge in [-0.1, -0.05) is 6.07 Å². The van der Waals surface area contributed by atoms with Gasteiger partial charge in [0, 0.05) is 18.1 Å². The van der Waals surface area contributed by atoms with E-state index in [9.17, 15) is 28.6 Å². The van der Waals surface area contributed by atoms with Gasteiger partial charge in [-0.05, 0) is 42.7 Å². The van der Waals surface area contributed by atoms with Gasteiger partial charge in [0.05, 0.1) is 57.1 Å². The molecular formula is C28H35F2N3O10. The Bertz CT molecular complexity index is 1300. The van der Waals surface area contributed by atoms with Crippen LogP contribution in [0.4, 0.5) is 8.78 Å². The minimum absolute atomic E-state index is 0.0872. The molecule has 2 atom stereocenters. The molecule has 2 amide bonds. The van der Waals surface area contributed by atoms with Crippen molar-refractivity contribution in [2.24, 2.45) is 5.73 Å². The van der Waals surface area contributed by atoms with Crippen LogP contribution in [0.25, 0.3) is 0 Å². The normalized spacial score (nSPS) is 20.3. The van der Waals surface area contributed by atoms with Crippen LogP contribution >= 0.6 is 0 Å². The first-order valence-electron chi connectivity index (χ1n) is 13.5. The highest BCUT2D eigenvalue weighted by molar-refractivity contribution is 5.92. The fourth-order valence-corrected chi connectivity index (χ4v) is 4.69. The van der Waals surface area contributed by atoms with E-state index in [1.807, 2.05) is 0 Å². The Labute approximate surface area is 245 Å². The molecule has 0 bridgehead atoms. The maximum Gasteiger partial charge on any atom is 0.586 e. The van der Waals surface area contributed by atoms with Crippen LogP contribution < -0.4 is 35.3 Å². The number of halogens is 2.